The molecule has 0 saturated carbocycles. The third-order valence-corrected chi connectivity index (χ3v) is 6.96. The van der Waals surface area contributed by atoms with Crippen LogP contribution in [0.1, 0.15) is 37.7 Å². The largest absolute Gasteiger partial charge is 0.516 e. The van der Waals surface area contributed by atoms with Gasteiger partial charge in [-0.2, -0.15) is 0 Å². The predicted molar refractivity (Wildman–Crippen MR) is 181 cm³/mol. The quantitative estimate of drug-likeness (QED) is 0.0514. The summed E-state index contributed by atoms with van der Waals surface area (Å²) in [7, 11) is 1.67. The third kappa shape index (κ3) is 16.8. The molecule has 15 heteroatoms. The number of aromatic nitrogens is 2. The van der Waals surface area contributed by atoms with Gasteiger partial charge in [-0.25, -0.2) is 9.59 Å². The van der Waals surface area contributed by atoms with Gasteiger partial charge in [0.05, 0.1) is 97.0 Å². The number of ketones is 1. The Hall–Kier alpha value is -4.51. The van der Waals surface area contributed by atoms with Gasteiger partial charge < -0.3 is 47.2 Å². The summed E-state index contributed by atoms with van der Waals surface area (Å²) in [6.07, 6.45) is 1.70. The maximum Gasteiger partial charge on any atom is 0.516 e. The molecule has 0 atom stereocenters. The lowest BCUT2D eigenvalue weighted by molar-refractivity contribution is -0.139. The molecule has 0 saturated heterocycles. The lowest BCUT2D eigenvalue weighted by Crippen LogP contribution is -2.19. The van der Waals surface area contributed by atoms with Crippen molar-refractivity contribution in [3.63, 3.8) is 0 Å². The first-order valence-electron chi connectivity index (χ1n) is 16.5. The Balaban J connectivity index is 1.04. The second-order valence-electron chi connectivity index (χ2n) is 10.8. The van der Waals surface area contributed by atoms with E-state index in [0.717, 1.165) is 5.56 Å². The van der Waals surface area contributed by atoms with Gasteiger partial charge in [0.1, 0.15) is 13.2 Å². The van der Waals surface area contributed by atoms with E-state index in [1.165, 1.54) is 6.20 Å². The van der Waals surface area contributed by atoms with Crippen LogP contribution in [0.2, 0.25) is 0 Å². The highest BCUT2D eigenvalue weighted by Crippen LogP contribution is 2.15. The third-order valence-electron chi connectivity index (χ3n) is 6.96. The van der Waals surface area contributed by atoms with Crippen LogP contribution in [0.25, 0.3) is 0 Å². The van der Waals surface area contributed by atoms with Gasteiger partial charge in [0.15, 0.2) is 0 Å². The number of carbonyl (C=O) groups is 4. The van der Waals surface area contributed by atoms with E-state index in [1.54, 1.807) is 54.2 Å². The molecule has 0 unspecified atom stereocenters. The van der Waals surface area contributed by atoms with E-state index in [2.05, 4.69) is 4.98 Å². The zero-order chi connectivity index (χ0) is 36.5. The SMILES string of the molecule is Cc1ccc(C(=O)c2ccc(CC(=O)OC(=O)OCCOCCOCCOCCOCCOCCOCCOC(=O)c3cccnc3)n2C)cc1. The summed E-state index contributed by atoms with van der Waals surface area (Å²) in [4.78, 5) is 52.5. The van der Waals surface area contributed by atoms with E-state index in [0.29, 0.717) is 82.0 Å². The molecule has 0 spiro atoms. The summed E-state index contributed by atoms with van der Waals surface area (Å²) < 4.78 is 48.7. The first kappa shape index (κ1) is 40.9. The number of carbonyl (C=O) groups excluding carboxylic acids is 4. The Bertz CT molecular complexity index is 1460. The molecule has 0 amide bonds. The monoisotopic (exact) mass is 714 g/mol. The summed E-state index contributed by atoms with van der Waals surface area (Å²) in [5.41, 5.74) is 2.91. The minimum Gasteiger partial charge on any atom is -0.460 e. The van der Waals surface area contributed by atoms with Crippen molar-refractivity contribution in [2.75, 3.05) is 92.5 Å². The first-order valence-corrected chi connectivity index (χ1v) is 16.5. The Kier molecular flexibility index (Phi) is 19.7. The topological polar surface area (TPSA) is 169 Å². The molecule has 2 heterocycles. The van der Waals surface area contributed by atoms with Crippen molar-refractivity contribution in [1.29, 1.82) is 0 Å². The highest BCUT2D eigenvalue weighted by Gasteiger charge is 2.19. The molecule has 0 aliphatic carbocycles. The van der Waals surface area contributed by atoms with Crippen LogP contribution in [0.4, 0.5) is 4.79 Å². The predicted octanol–water partition coefficient (Wildman–Crippen LogP) is 3.14. The van der Waals surface area contributed by atoms with Crippen LogP contribution in [-0.4, -0.2) is 126 Å². The zero-order valence-electron chi connectivity index (χ0n) is 29.1. The Morgan fingerprint density at radius 2 is 1.12 bits per heavy atom. The van der Waals surface area contributed by atoms with Crippen molar-refractivity contribution >= 4 is 23.9 Å². The lowest BCUT2D eigenvalue weighted by atomic mass is 10.1. The molecular formula is C36H46N2O13. The van der Waals surface area contributed by atoms with Crippen molar-refractivity contribution in [1.82, 2.24) is 9.55 Å². The van der Waals surface area contributed by atoms with E-state index in [1.807, 2.05) is 19.1 Å². The molecule has 0 radical (unpaired) electrons. The summed E-state index contributed by atoms with van der Waals surface area (Å²) in [5.74, 6) is -1.41. The minimum absolute atomic E-state index is 0.0973. The van der Waals surface area contributed by atoms with Gasteiger partial charge in [-0.15, -0.1) is 0 Å². The number of ether oxygens (including phenoxy) is 9. The smallest absolute Gasteiger partial charge is 0.460 e. The van der Waals surface area contributed by atoms with Crippen LogP contribution in [0.15, 0.2) is 60.9 Å². The molecule has 0 fully saturated rings. The number of hydrogen-bond acceptors (Lipinski definition) is 14. The standard InChI is InChI=1S/C36H46N2O13/c1-28-5-7-29(8-6-28)34(40)32-10-9-31(38(32)2)26-33(39)51-36(42)50-25-23-48-21-19-46-17-15-44-13-12-43-14-16-45-18-20-47-22-24-49-35(41)30-4-3-11-37-27-30/h3-11,27H,12-26H2,1-2H3. The number of hydrogen-bond donors (Lipinski definition) is 0. The molecular weight excluding hydrogens is 668 g/mol. The van der Waals surface area contributed by atoms with Crippen molar-refractivity contribution < 1.29 is 61.8 Å². The van der Waals surface area contributed by atoms with Crippen LogP contribution in [0, 0.1) is 6.92 Å². The number of aryl methyl sites for hydroxylation is 1. The van der Waals surface area contributed by atoms with Crippen molar-refractivity contribution in [2.24, 2.45) is 7.05 Å². The molecule has 1 aromatic carbocycles. The molecule has 0 bridgehead atoms. The fourth-order valence-electron chi connectivity index (χ4n) is 4.26. The van der Waals surface area contributed by atoms with Gasteiger partial charge in [0.25, 0.3) is 0 Å². The summed E-state index contributed by atoms with van der Waals surface area (Å²) >= 11 is 0. The van der Waals surface area contributed by atoms with Gasteiger partial charge in [-0.1, -0.05) is 29.8 Å². The fraction of sp³-hybridized carbons (Fsp3) is 0.472. The maximum atomic E-state index is 12.8. The van der Waals surface area contributed by atoms with Crippen molar-refractivity contribution in [3.8, 4) is 0 Å². The van der Waals surface area contributed by atoms with Gasteiger partial charge in [-0.05, 0) is 31.2 Å². The molecule has 0 N–H and O–H groups in total. The molecule has 0 aliphatic heterocycles. The van der Waals surface area contributed by atoms with Crippen LogP contribution >= 0.6 is 0 Å². The summed E-state index contributed by atoms with van der Waals surface area (Å²) in [5, 5.41) is 0. The number of rotatable bonds is 26. The molecule has 3 aromatic rings. The first-order chi connectivity index (χ1) is 24.8. The van der Waals surface area contributed by atoms with E-state index in [4.69, 9.17) is 42.6 Å². The average molecular weight is 715 g/mol. The second kappa shape index (κ2) is 24.6. The number of esters is 2. The summed E-state index contributed by atoms with van der Waals surface area (Å²) in [6, 6.07) is 13.8. The maximum absolute atomic E-state index is 12.8. The number of nitrogens with zero attached hydrogens (tertiary/aromatic N) is 2. The molecule has 2 aromatic heterocycles. The van der Waals surface area contributed by atoms with E-state index < -0.39 is 18.1 Å². The van der Waals surface area contributed by atoms with Crippen LogP contribution in [0.3, 0.4) is 0 Å². The average Bonchev–Trinajstić information content (AvgIpc) is 3.49. The van der Waals surface area contributed by atoms with Gasteiger partial charge >= 0.3 is 18.1 Å². The molecule has 0 aliphatic rings. The van der Waals surface area contributed by atoms with Crippen molar-refractivity contribution in [3.05, 3.63) is 89.0 Å². The minimum atomic E-state index is -1.13. The van der Waals surface area contributed by atoms with Crippen LogP contribution in [0.5, 0.6) is 0 Å². The lowest BCUT2D eigenvalue weighted by Gasteiger charge is -2.09. The molecule has 3 rings (SSSR count). The van der Waals surface area contributed by atoms with Gasteiger partial charge in [0, 0.05) is 30.7 Å². The Morgan fingerprint density at radius 3 is 1.63 bits per heavy atom. The molecule has 15 nitrogen and oxygen atoms in total. The highest BCUT2D eigenvalue weighted by atomic mass is 16.7. The van der Waals surface area contributed by atoms with E-state index >= 15 is 0 Å². The second-order valence-corrected chi connectivity index (χ2v) is 10.8. The zero-order valence-corrected chi connectivity index (χ0v) is 29.1. The van der Waals surface area contributed by atoms with Crippen molar-refractivity contribution in [2.45, 2.75) is 13.3 Å². The van der Waals surface area contributed by atoms with Crippen LogP contribution in [-0.2, 0) is 60.9 Å². The number of benzene rings is 1. The Labute approximate surface area is 297 Å². The normalized spacial score (nSPS) is 10.9. The molecule has 51 heavy (non-hydrogen) atoms. The summed E-state index contributed by atoms with van der Waals surface area (Å²) in [6.45, 7) is 6.19. The van der Waals surface area contributed by atoms with Gasteiger partial charge in [0.2, 0.25) is 5.78 Å². The fourth-order valence-corrected chi connectivity index (χ4v) is 4.26. The molecule has 278 valence electrons. The van der Waals surface area contributed by atoms with E-state index in [9.17, 15) is 19.2 Å². The number of pyridine rings is 1. The highest BCUT2D eigenvalue weighted by molar-refractivity contribution is 6.08. The van der Waals surface area contributed by atoms with Gasteiger partial charge in [-0.3, -0.25) is 14.6 Å². The Morgan fingerprint density at radius 1 is 0.608 bits per heavy atom. The van der Waals surface area contributed by atoms with Crippen LogP contribution < -0.4 is 0 Å². The van der Waals surface area contributed by atoms with E-state index in [-0.39, 0.29) is 45.2 Å².